The lowest BCUT2D eigenvalue weighted by Crippen LogP contribution is -1.93. The molecule has 6 aromatic carbocycles. The van der Waals surface area contributed by atoms with Crippen LogP contribution in [-0.4, -0.2) is 28.7 Å². The molecule has 0 saturated carbocycles. The molecule has 12 rings (SSSR count). The van der Waals surface area contributed by atoms with Crippen LogP contribution < -0.4 is 0 Å². The number of imidazole rings is 2. The number of rotatable bonds is 1. The first kappa shape index (κ1) is 26.3. The summed E-state index contributed by atoms with van der Waals surface area (Å²) in [6.45, 7) is 4.36. The number of aromatic nitrogens is 6. The largest absolute Gasteiger partial charge is 0.339 e. The average molecular weight is 641 g/mol. The molecule has 6 aromatic heterocycles. The molecule has 6 heteroatoms. The summed E-state index contributed by atoms with van der Waals surface area (Å²) >= 11 is 0. The number of hydrogen-bond donors (Lipinski definition) is 2. The Morgan fingerprint density at radius 3 is 1.92 bits per heavy atom. The molecule has 0 unspecified atom stereocenters. The topological polar surface area (TPSA) is 66.2 Å². The van der Waals surface area contributed by atoms with Gasteiger partial charge < -0.3 is 9.97 Å². The van der Waals surface area contributed by atoms with E-state index in [-0.39, 0.29) is 0 Å². The van der Waals surface area contributed by atoms with Crippen LogP contribution in [0, 0.1) is 13.8 Å². The molecule has 12 aromatic rings. The summed E-state index contributed by atoms with van der Waals surface area (Å²) in [6, 6.07) is 43.9. The normalized spacial score (nSPS) is 12.6. The van der Waals surface area contributed by atoms with E-state index in [2.05, 4.69) is 154 Å². The van der Waals surface area contributed by atoms with Gasteiger partial charge in [-0.1, -0.05) is 78.4 Å². The smallest absolute Gasteiger partial charge is 0.147 e. The highest BCUT2D eigenvalue weighted by molar-refractivity contribution is 6.19. The fourth-order valence-corrected chi connectivity index (χ4v) is 8.65. The van der Waals surface area contributed by atoms with E-state index in [1.165, 1.54) is 43.8 Å². The van der Waals surface area contributed by atoms with Crippen LogP contribution in [0.15, 0.2) is 121 Å². The number of benzene rings is 6. The lowest BCUT2D eigenvalue weighted by molar-refractivity contribution is 1.27. The van der Waals surface area contributed by atoms with Gasteiger partial charge in [0.15, 0.2) is 0 Å². The first-order chi connectivity index (χ1) is 24.6. The van der Waals surface area contributed by atoms with Gasteiger partial charge in [-0.05, 0) is 89.8 Å². The zero-order valence-corrected chi connectivity index (χ0v) is 27.3. The fraction of sp³-hybridized carbons (Fsp3) is 0.0455. The predicted octanol–water partition coefficient (Wildman–Crippen LogP) is 11.1. The van der Waals surface area contributed by atoms with Gasteiger partial charge in [-0.3, -0.25) is 8.80 Å². The van der Waals surface area contributed by atoms with Crippen LogP contribution in [0.5, 0.6) is 0 Å². The van der Waals surface area contributed by atoms with E-state index in [4.69, 9.17) is 9.97 Å². The molecule has 0 radical (unpaired) electrons. The first-order valence-electron chi connectivity index (χ1n) is 17.1. The van der Waals surface area contributed by atoms with Crippen LogP contribution in [0.4, 0.5) is 0 Å². The minimum Gasteiger partial charge on any atom is -0.339 e. The molecule has 0 aliphatic rings. The maximum Gasteiger partial charge on any atom is 0.147 e. The quantitative estimate of drug-likeness (QED) is 0.175. The number of hydrogen-bond acceptors (Lipinski definition) is 2. The van der Waals surface area contributed by atoms with Crippen molar-refractivity contribution >= 4 is 98.8 Å². The third kappa shape index (κ3) is 3.23. The summed E-state index contributed by atoms with van der Waals surface area (Å²) in [7, 11) is 0. The van der Waals surface area contributed by atoms with Gasteiger partial charge in [0, 0.05) is 43.4 Å². The van der Waals surface area contributed by atoms with Crippen molar-refractivity contribution in [2.75, 3.05) is 0 Å². The van der Waals surface area contributed by atoms with Gasteiger partial charge in [-0.2, -0.15) is 0 Å². The Bertz CT molecular complexity index is 3460. The molecule has 0 aliphatic carbocycles. The lowest BCUT2D eigenvalue weighted by atomic mass is 9.97. The molecule has 2 N–H and O–H groups in total. The highest BCUT2D eigenvalue weighted by atomic mass is 15.1. The van der Waals surface area contributed by atoms with Crippen molar-refractivity contribution in [3.8, 4) is 11.1 Å². The zero-order valence-electron chi connectivity index (χ0n) is 27.3. The van der Waals surface area contributed by atoms with Crippen LogP contribution >= 0.6 is 0 Å². The highest BCUT2D eigenvalue weighted by Gasteiger charge is 2.20. The molecule has 0 saturated heterocycles. The van der Waals surface area contributed by atoms with Crippen molar-refractivity contribution in [1.29, 1.82) is 0 Å². The Morgan fingerprint density at radius 1 is 0.460 bits per heavy atom. The molecule has 0 aliphatic heterocycles. The van der Waals surface area contributed by atoms with Gasteiger partial charge in [0.1, 0.15) is 33.6 Å². The number of aromatic amines is 2. The maximum atomic E-state index is 5.34. The summed E-state index contributed by atoms with van der Waals surface area (Å²) in [5.74, 6) is 0. The first-order valence-corrected chi connectivity index (χ1v) is 17.1. The summed E-state index contributed by atoms with van der Waals surface area (Å²) in [5, 5.41) is 9.49. The van der Waals surface area contributed by atoms with Crippen LogP contribution in [0.3, 0.4) is 0 Å². The molecule has 0 fully saturated rings. The van der Waals surface area contributed by atoms with Crippen LogP contribution in [0.25, 0.3) is 110 Å². The Labute approximate surface area is 284 Å². The number of H-pyrrole nitrogens is 2. The van der Waals surface area contributed by atoms with Crippen LogP contribution in [-0.2, 0) is 0 Å². The molecule has 0 amide bonds. The van der Waals surface area contributed by atoms with Crippen molar-refractivity contribution in [1.82, 2.24) is 28.7 Å². The molecule has 0 spiro atoms. The molecular weight excluding hydrogens is 613 g/mol. The monoisotopic (exact) mass is 640 g/mol. The van der Waals surface area contributed by atoms with Crippen molar-refractivity contribution in [2.45, 2.75) is 13.8 Å². The number of fused-ring (bicyclic) bond motifs is 20. The van der Waals surface area contributed by atoms with E-state index in [0.29, 0.717) is 0 Å². The van der Waals surface area contributed by atoms with E-state index in [1.807, 2.05) is 0 Å². The predicted molar refractivity (Wildman–Crippen MR) is 208 cm³/mol. The summed E-state index contributed by atoms with van der Waals surface area (Å²) in [4.78, 5) is 18.0. The van der Waals surface area contributed by atoms with E-state index < -0.39 is 0 Å². The number of nitrogens with zero attached hydrogens (tertiary/aromatic N) is 4. The molecule has 6 heterocycles. The van der Waals surface area contributed by atoms with Gasteiger partial charge in [0.2, 0.25) is 0 Å². The Kier molecular flexibility index (Phi) is 4.77. The van der Waals surface area contributed by atoms with Gasteiger partial charge in [-0.25, -0.2) is 9.97 Å². The average Bonchev–Trinajstić information content (AvgIpc) is 3.90. The van der Waals surface area contributed by atoms with E-state index in [1.54, 1.807) is 0 Å². The summed E-state index contributed by atoms with van der Waals surface area (Å²) < 4.78 is 4.61. The lowest BCUT2D eigenvalue weighted by Gasteiger charge is -2.11. The fourth-order valence-electron chi connectivity index (χ4n) is 8.65. The van der Waals surface area contributed by atoms with Gasteiger partial charge in [0.25, 0.3) is 0 Å². The van der Waals surface area contributed by atoms with Crippen LogP contribution in [0.1, 0.15) is 11.1 Å². The van der Waals surface area contributed by atoms with E-state index >= 15 is 0 Å². The molecule has 0 bridgehead atoms. The number of pyridine rings is 2. The number of aryl methyl sites for hydroxylation is 2. The van der Waals surface area contributed by atoms with E-state index in [0.717, 1.165) is 77.3 Å². The van der Waals surface area contributed by atoms with Gasteiger partial charge >= 0.3 is 0 Å². The van der Waals surface area contributed by atoms with Crippen molar-refractivity contribution in [3.05, 3.63) is 132 Å². The number of nitrogens with one attached hydrogen (secondary N) is 2. The third-order valence-corrected chi connectivity index (χ3v) is 10.9. The van der Waals surface area contributed by atoms with Crippen molar-refractivity contribution < 1.29 is 0 Å². The Balaban J connectivity index is 1.13. The molecule has 6 nitrogen and oxygen atoms in total. The SMILES string of the molecule is Cc1ccc2c(c1)c1cc(-c3ccc4[nH]c5c(nc6c7ccccc7c7c(C)cccc7n65)c4c3)ccc1c1nc3c4ccccc4[nH]c3n21. The third-order valence-electron chi connectivity index (χ3n) is 10.9. The Hall–Kier alpha value is -6.66. The minimum absolute atomic E-state index is 0.970. The van der Waals surface area contributed by atoms with Crippen molar-refractivity contribution in [3.63, 3.8) is 0 Å². The molecule has 234 valence electrons. The molecule has 50 heavy (non-hydrogen) atoms. The standard InChI is InChI=1S/C44H28N6/c1-23-14-19-36-32(20-23)31-21-25(15-17-29(31)42-47-39-30-11-5-6-12-34(30)45-43(39)49(36)42)26-16-18-35-33(22-26)40-44(46-35)50-37-13-7-8-24(2)38(37)27-9-3-4-10-28(27)41(50)48-40/h3-22,45-46H,1-2H3. The Morgan fingerprint density at radius 2 is 1.10 bits per heavy atom. The van der Waals surface area contributed by atoms with E-state index in [9.17, 15) is 0 Å². The molecular formula is C44H28N6. The summed E-state index contributed by atoms with van der Waals surface area (Å²) in [5.41, 5.74) is 15.3. The summed E-state index contributed by atoms with van der Waals surface area (Å²) in [6.07, 6.45) is 0. The molecule has 0 atom stereocenters. The maximum absolute atomic E-state index is 5.34. The minimum atomic E-state index is 0.970. The van der Waals surface area contributed by atoms with Crippen LogP contribution in [0.2, 0.25) is 0 Å². The highest BCUT2D eigenvalue weighted by Crippen LogP contribution is 2.39. The second kappa shape index (κ2) is 9.07. The zero-order chi connectivity index (χ0) is 32.8. The van der Waals surface area contributed by atoms with Gasteiger partial charge in [0.05, 0.1) is 11.0 Å². The van der Waals surface area contributed by atoms with Gasteiger partial charge in [-0.15, -0.1) is 0 Å². The van der Waals surface area contributed by atoms with Crippen molar-refractivity contribution in [2.24, 2.45) is 0 Å². The second-order valence-electron chi connectivity index (χ2n) is 13.8. The second-order valence-corrected chi connectivity index (χ2v) is 13.8. The number of para-hydroxylation sites is 1.